The van der Waals surface area contributed by atoms with Gasteiger partial charge in [0.1, 0.15) is 0 Å². The Morgan fingerprint density at radius 3 is 1.23 bits per heavy atom. The summed E-state index contributed by atoms with van der Waals surface area (Å²) in [5.41, 5.74) is 6.23. The van der Waals surface area contributed by atoms with E-state index in [4.69, 9.17) is 0 Å². The van der Waals surface area contributed by atoms with Crippen LogP contribution in [-0.2, 0) is 26.6 Å². The van der Waals surface area contributed by atoms with Crippen molar-refractivity contribution in [3.8, 4) is 33.4 Å². The van der Waals surface area contributed by atoms with E-state index in [1.54, 1.807) is 9.80 Å². The molecule has 2 aliphatic heterocycles. The van der Waals surface area contributed by atoms with Crippen molar-refractivity contribution in [2.24, 2.45) is 0 Å². The van der Waals surface area contributed by atoms with Crippen LogP contribution >= 0.6 is 0 Å². The lowest BCUT2D eigenvalue weighted by Gasteiger charge is -2.28. The average Bonchev–Trinajstić information content (AvgIpc) is 3.66. The molecule has 0 unspecified atom stereocenters. The van der Waals surface area contributed by atoms with Gasteiger partial charge in [-0.1, -0.05) is 84.0 Å². The monoisotopic (exact) mass is 652 g/mol. The number of alkyl halides is 3. The molecule has 0 aliphatic carbocycles. The van der Waals surface area contributed by atoms with E-state index in [0.717, 1.165) is 40.9 Å². The summed E-state index contributed by atoms with van der Waals surface area (Å²) in [6.45, 7) is 14.1. The smallest absolute Gasteiger partial charge is 0.312 e. The third-order valence-electron chi connectivity index (χ3n) is 9.55. The summed E-state index contributed by atoms with van der Waals surface area (Å²) >= 11 is 0. The molecular formula is C41H43F3N2O2. The maximum absolute atomic E-state index is 14.7. The summed E-state index contributed by atoms with van der Waals surface area (Å²) in [5, 5.41) is 0. The maximum atomic E-state index is 14.7. The molecule has 250 valence electrons. The van der Waals surface area contributed by atoms with Crippen LogP contribution in [0.3, 0.4) is 0 Å². The highest BCUT2D eigenvalue weighted by Gasteiger charge is 2.34. The minimum Gasteiger partial charge on any atom is -0.312 e. The van der Waals surface area contributed by atoms with Crippen molar-refractivity contribution in [2.75, 3.05) is 22.9 Å². The van der Waals surface area contributed by atoms with Crippen LogP contribution in [0.5, 0.6) is 0 Å². The van der Waals surface area contributed by atoms with E-state index in [2.05, 4.69) is 59.7 Å². The zero-order valence-electron chi connectivity index (χ0n) is 28.6. The molecule has 7 heteroatoms. The van der Waals surface area contributed by atoms with E-state index in [1.165, 1.54) is 12.1 Å². The molecule has 2 amide bonds. The molecule has 2 fully saturated rings. The summed E-state index contributed by atoms with van der Waals surface area (Å²) < 4.78 is 44.1. The van der Waals surface area contributed by atoms with Crippen LogP contribution < -0.4 is 9.80 Å². The van der Waals surface area contributed by atoms with Crippen LogP contribution in [0.15, 0.2) is 78.9 Å². The molecular weight excluding hydrogens is 609 g/mol. The molecule has 4 nitrogen and oxygen atoms in total. The molecule has 0 spiro atoms. The van der Waals surface area contributed by atoms with E-state index < -0.39 is 11.7 Å². The van der Waals surface area contributed by atoms with Crippen molar-refractivity contribution in [3.05, 3.63) is 95.6 Å². The number of anilines is 2. The highest BCUT2D eigenvalue weighted by molar-refractivity contribution is 5.99. The Labute approximate surface area is 281 Å². The second kappa shape index (κ2) is 12.2. The van der Waals surface area contributed by atoms with E-state index in [9.17, 15) is 22.8 Å². The van der Waals surface area contributed by atoms with Gasteiger partial charge in [-0.2, -0.15) is 13.2 Å². The average molecular weight is 653 g/mol. The number of amides is 2. The predicted molar refractivity (Wildman–Crippen MR) is 188 cm³/mol. The number of hydrogen-bond acceptors (Lipinski definition) is 2. The van der Waals surface area contributed by atoms with Gasteiger partial charge in [-0.15, -0.1) is 0 Å². The second-order valence-corrected chi connectivity index (χ2v) is 15.1. The SMILES string of the molecule is CC(C)(C)c1cc(-c2c(-c3ccc(N4CCCC4=O)cc3)cc(C(F)(F)F)cc2-c2ccc(N3CCCC3=O)cc2)cc(C(C)(C)C)c1. The van der Waals surface area contributed by atoms with Crippen LogP contribution in [0.25, 0.3) is 33.4 Å². The number of benzene rings is 4. The maximum Gasteiger partial charge on any atom is 0.416 e. The normalized spacial score (nSPS) is 15.9. The Kier molecular flexibility index (Phi) is 8.55. The van der Waals surface area contributed by atoms with Crippen LogP contribution in [0.4, 0.5) is 24.5 Å². The number of hydrogen-bond donors (Lipinski definition) is 0. The van der Waals surface area contributed by atoms with Crippen molar-refractivity contribution in [1.29, 1.82) is 0 Å². The molecule has 4 aromatic carbocycles. The number of rotatable bonds is 5. The van der Waals surface area contributed by atoms with Crippen LogP contribution in [-0.4, -0.2) is 24.9 Å². The fourth-order valence-electron chi connectivity index (χ4n) is 6.69. The van der Waals surface area contributed by atoms with E-state index in [0.29, 0.717) is 53.7 Å². The number of halogens is 3. The molecule has 0 bridgehead atoms. The molecule has 2 saturated heterocycles. The molecule has 2 aliphatic rings. The quantitative estimate of drug-likeness (QED) is 0.215. The van der Waals surface area contributed by atoms with Gasteiger partial charge in [-0.3, -0.25) is 9.59 Å². The third-order valence-corrected chi connectivity index (χ3v) is 9.55. The highest BCUT2D eigenvalue weighted by atomic mass is 19.4. The standard InChI is InChI=1S/C41H43F3N2O2/c1-39(2,3)29-21-28(22-30(23-29)40(4,5)6)38-34(26-11-15-32(16-12-26)45-19-7-9-36(45)47)24-31(41(42,43)44)25-35(38)27-13-17-33(18-14-27)46-20-8-10-37(46)48/h11-18,21-25H,7-10,19-20H2,1-6H3. The van der Waals surface area contributed by atoms with Gasteiger partial charge in [0.15, 0.2) is 0 Å². The first kappa shape index (κ1) is 33.5. The Bertz CT molecular complexity index is 1740. The molecule has 4 aromatic rings. The van der Waals surface area contributed by atoms with Gasteiger partial charge in [0, 0.05) is 37.3 Å². The number of carbonyl (C=O) groups excluding carboxylic acids is 2. The van der Waals surface area contributed by atoms with Crippen LogP contribution in [0.2, 0.25) is 0 Å². The van der Waals surface area contributed by atoms with Crippen LogP contribution in [0.1, 0.15) is 83.9 Å². The summed E-state index contributed by atoms with van der Waals surface area (Å²) in [7, 11) is 0. The van der Waals surface area contributed by atoms with Crippen molar-refractivity contribution in [3.63, 3.8) is 0 Å². The fraction of sp³-hybridized carbons (Fsp3) is 0.366. The topological polar surface area (TPSA) is 40.6 Å². The summed E-state index contributed by atoms with van der Waals surface area (Å²) in [5.74, 6) is 0.107. The lowest BCUT2D eigenvalue weighted by Crippen LogP contribution is -2.23. The van der Waals surface area contributed by atoms with E-state index in [1.807, 2.05) is 48.5 Å². The predicted octanol–water partition coefficient (Wildman–Crippen LogP) is 10.6. The molecule has 0 radical (unpaired) electrons. The third kappa shape index (κ3) is 6.65. The van der Waals surface area contributed by atoms with Gasteiger partial charge < -0.3 is 9.80 Å². The van der Waals surface area contributed by atoms with Crippen molar-refractivity contribution in [1.82, 2.24) is 0 Å². The fourth-order valence-corrected chi connectivity index (χ4v) is 6.69. The molecule has 0 aromatic heterocycles. The Morgan fingerprint density at radius 1 is 0.521 bits per heavy atom. The van der Waals surface area contributed by atoms with Gasteiger partial charge >= 0.3 is 6.18 Å². The van der Waals surface area contributed by atoms with E-state index >= 15 is 0 Å². The lowest BCUT2D eigenvalue weighted by molar-refractivity contribution is -0.137. The molecule has 48 heavy (non-hydrogen) atoms. The molecule has 0 saturated carbocycles. The van der Waals surface area contributed by atoms with Gasteiger partial charge in [0.2, 0.25) is 11.8 Å². The Morgan fingerprint density at radius 2 is 0.917 bits per heavy atom. The van der Waals surface area contributed by atoms with Crippen molar-refractivity contribution < 1.29 is 22.8 Å². The van der Waals surface area contributed by atoms with Gasteiger partial charge in [-0.25, -0.2) is 0 Å². The van der Waals surface area contributed by atoms with Crippen molar-refractivity contribution in [2.45, 2.75) is 84.2 Å². The second-order valence-electron chi connectivity index (χ2n) is 15.1. The van der Waals surface area contributed by atoms with E-state index in [-0.39, 0.29) is 22.6 Å². The zero-order valence-corrected chi connectivity index (χ0v) is 28.6. The summed E-state index contributed by atoms with van der Waals surface area (Å²) in [6, 6.07) is 23.6. The first-order valence-corrected chi connectivity index (χ1v) is 16.7. The Balaban J connectivity index is 1.63. The number of carbonyl (C=O) groups is 2. The van der Waals surface area contributed by atoms with Gasteiger partial charge in [-0.05, 0) is 105 Å². The van der Waals surface area contributed by atoms with Crippen LogP contribution in [0, 0.1) is 0 Å². The Hall–Kier alpha value is -4.39. The molecule has 0 N–H and O–H groups in total. The van der Waals surface area contributed by atoms with Crippen molar-refractivity contribution >= 4 is 23.2 Å². The molecule has 2 heterocycles. The lowest BCUT2D eigenvalue weighted by atomic mass is 9.77. The first-order chi connectivity index (χ1) is 22.5. The summed E-state index contributed by atoms with van der Waals surface area (Å²) in [4.78, 5) is 28.4. The minimum atomic E-state index is -4.59. The summed E-state index contributed by atoms with van der Waals surface area (Å²) in [6.07, 6.45) is -2.03. The number of nitrogens with zero attached hydrogens (tertiary/aromatic N) is 2. The largest absolute Gasteiger partial charge is 0.416 e. The highest BCUT2D eigenvalue weighted by Crippen LogP contribution is 2.47. The van der Waals surface area contributed by atoms with Gasteiger partial charge in [0.25, 0.3) is 0 Å². The molecule has 6 rings (SSSR count). The minimum absolute atomic E-state index is 0.0533. The zero-order chi connectivity index (χ0) is 34.6. The van der Waals surface area contributed by atoms with Gasteiger partial charge in [0.05, 0.1) is 5.56 Å². The molecule has 0 atom stereocenters. The first-order valence-electron chi connectivity index (χ1n) is 16.7.